The highest BCUT2D eigenvalue weighted by Gasteiger charge is 2.15. The number of hydrogen-bond acceptors (Lipinski definition) is 4. The molecule has 0 saturated carbocycles. The number of carbonyl (C=O) groups excluding carboxylic acids is 1. The largest absolute Gasteiger partial charge is 0.393 e. The van der Waals surface area contributed by atoms with Gasteiger partial charge in [0.1, 0.15) is 11.8 Å². The molecule has 2 aromatic heterocycles. The maximum absolute atomic E-state index is 11.6. The van der Waals surface area contributed by atoms with Crippen LogP contribution in [0.25, 0.3) is 22.0 Å². The number of fused-ring (bicyclic) bond motifs is 1. The highest BCUT2D eigenvalue weighted by atomic mass is 16.3. The quantitative estimate of drug-likeness (QED) is 0.633. The third kappa shape index (κ3) is 3.61. The fourth-order valence-corrected chi connectivity index (χ4v) is 3.04. The standard InChI is InChI=1S/C20H23N3O3/c1-12(2)10-23-6-5-14-7-13(3-4-18(14)23)15-8-16(19(25)11-24)22-17(9-15)20(21)26/h3-9,12,19,24-25H,10-11H2,1-2H3,(H2,21,26). The molecule has 6 heteroatoms. The summed E-state index contributed by atoms with van der Waals surface area (Å²) in [6.45, 7) is 4.82. The Kier molecular flexibility index (Phi) is 5.06. The van der Waals surface area contributed by atoms with Gasteiger partial charge in [0.2, 0.25) is 0 Å². The molecule has 136 valence electrons. The number of hydrogen-bond donors (Lipinski definition) is 3. The van der Waals surface area contributed by atoms with Crippen molar-refractivity contribution < 1.29 is 15.0 Å². The number of aromatic nitrogens is 2. The molecule has 3 aromatic rings. The normalized spacial score (nSPS) is 12.7. The van der Waals surface area contributed by atoms with Gasteiger partial charge in [0.25, 0.3) is 5.91 Å². The van der Waals surface area contributed by atoms with Gasteiger partial charge in [-0.2, -0.15) is 0 Å². The van der Waals surface area contributed by atoms with Crippen LogP contribution in [0.2, 0.25) is 0 Å². The van der Waals surface area contributed by atoms with Gasteiger partial charge in [-0.3, -0.25) is 4.79 Å². The number of nitrogens with two attached hydrogens (primary N) is 1. The van der Waals surface area contributed by atoms with Crippen LogP contribution in [0, 0.1) is 5.92 Å². The molecule has 0 spiro atoms. The number of aliphatic hydroxyl groups excluding tert-OH is 2. The van der Waals surface area contributed by atoms with Crippen LogP contribution in [0.3, 0.4) is 0 Å². The third-order valence-electron chi connectivity index (χ3n) is 4.28. The van der Waals surface area contributed by atoms with Crippen molar-refractivity contribution in [3.8, 4) is 11.1 Å². The van der Waals surface area contributed by atoms with Gasteiger partial charge in [-0.15, -0.1) is 0 Å². The van der Waals surface area contributed by atoms with Crippen molar-refractivity contribution >= 4 is 16.8 Å². The monoisotopic (exact) mass is 353 g/mol. The Hall–Kier alpha value is -2.70. The molecule has 3 rings (SSSR count). The number of rotatable bonds is 6. The number of nitrogens with zero attached hydrogens (tertiary/aromatic N) is 2. The molecule has 26 heavy (non-hydrogen) atoms. The smallest absolute Gasteiger partial charge is 0.267 e. The van der Waals surface area contributed by atoms with E-state index in [1.54, 1.807) is 12.1 Å². The van der Waals surface area contributed by atoms with Crippen molar-refractivity contribution in [3.05, 3.63) is 54.0 Å². The number of aliphatic hydroxyl groups is 2. The summed E-state index contributed by atoms with van der Waals surface area (Å²) in [4.78, 5) is 15.6. The molecule has 0 radical (unpaired) electrons. The van der Waals surface area contributed by atoms with E-state index in [2.05, 4.69) is 35.7 Å². The molecule has 1 unspecified atom stereocenters. The Morgan fingerprint density at radius 2 is 1.96 bits per heavy atom. The van der Waals surface area contributed by atoms with Crippen LogP contribution in [-0.4, -0.2) is 32.3 Å². The molecular weight excluding hydrogens is 330 g/mol. The van der Waals surface area contributed by atoms with E-state index in [4.69, 9.17) is 5.73 Å². The summed E-state index contributed by atoms with van der Waals surface area (Å²) in [7, 11) is 0. The Morgan fingerprint density at radius 1 is 1.19 bits per heavy atom. The van der Waals surface area contributed by atoms with Gasteiger partial charge in [0.15, 0.2) is 0 Å². The summed E-state index contributed by atoms with van der Waals surface area (Å²) in [6.07, 6.45) is 0.903. The number of primary amides is 1. The van der Waals surface area contributed by atoms with Crippen LogP contribution in [0.5, 0.6) is 0 Å². The fraction of sp³-hybridized carbons (Fsp3) is 0.300. The third-order valence-corrected chi connectivity index (χ3v) is 4.28. The van der Waals surface area contributed by atoms with E-state index in [0.717, 1.165) is 28.6 Å². The van der Waals surface area contributed by atoms with E-state index in [-0.39, 0.29) is 11.4 Å². The summed E-state index contributed by atoms with van der Waals surface area (Å²) in [5.74, 6) is -0.131. The minimum absolute atomic E-state index is 0.0578. The number of carbonyl (C=O) groups is 1. The fourth-order valence-electron chi connectivity index (χ4n) is 3.04. The summed E-state index contributed by atoms with van der Waals surface area (Å²) < 4.78 is 2.21. The van der Waals surface area contributed by atoms with Crippen molar-refractivity contribution in [1.82, 2.24) is 9.55 Å². The Balaban J connectivity index is 2.07. The molecular formula is C20H23N3O3. The zero-order valence-corrected chi connectivity index (χ0v) is 14.9. The Bertz CT molecular complexity index is 947. The van der Waals surface area contributed by atoms with Crippen molar-refractivity contribution in [2.75, 3.05) is 6.61 Å². The van der Waals surface area contributed by atoms with E-state index in [1.807, 2.05) is 18.2 Å². The summed E-state index contributed by atoms with van der Waals surface area (Å²) >= 11 is 0. The molecule has 6 nitrogen and oxygen atoms in total. The maximum atomic E-state index is 11.6. The molecule has 1 atom stereocenters. The molecule has 0 fully saturated rings. The molecule has 0 aliphatic heterocycles. The lowest BCUT2D eigenvalue weighted by molar-refractivity contribution is 0.0912. The number of pyridine rings is 1. The van der Waals surface area contributed by atoms with E-state index < -0.39 is 18.6 Å². The summed E-state index contributed by atoms with van der Waals surface area (Å²) in [5.41, 5.74) is 8.38. The van der Waals surface area contributed by atoms with Gasteiger partial charge in [0, 0.05) is 23.6 Å². The van der Waals surface area contributed by atoms with Gasteiger partial charge < -0.3 is 20.5 Å². The van der Waals surface area contributed by atoms with Crippen LogP contribution in [0.1, 0.15) is 36.1 Å². The van der Waals surface area contributed by atoms with E-state index in [0.29, 0.717) is 5.92 Å². The first-order chi connectivity index (χ1) is 12.4. The zero-order chi connectivity index (χ0) is 18.8. The molecule has 0 aliphatic rings. The highest BCUT2D eigenvalue weighted by Crippen LogP contribution is 2.28. The minimum Gasteiger partial charge on any atom is -0.393 e. The topological polar surface area (TPSA) is 101 Å². The minimum atomic E-state index is -1.16. The average Bonchev–Trinajstić information content (AvgIpc) is 3.02. The molecule has 0 aliphatic carbocycles. The van der Waals surface area contributed by atoms with Crippen LogP contribution in [-0.2, 0) is 6.54 Å². The van der Waals surface area contributed by atoms with Crippen LogP contribution >= 0.6 is 0 Å². The van der Waals surface area contributed by atoms with Gasteiger partial charge in [-0.05, 0) is 47.4 Å². The molecule has 1 amide bonds. The Morgan fingerprint density at radius 3 is 2.62 bits per heavy atom. The second-order valence-electron chi connectivity index (χ2n) is 6.86. The second-order valence-corrected chi connectivity index (χ2v) is 6.86. The average molecular weight is 353 g/mol. The van der Waals surface area contributed by atoms with E-state index >= 15 is 0 Å². The molecule has 2 heterocycles. The lowest BCUT2D eigenvalue weighted by atomic mass is 10.0. The second kappa shape index (κ2) is 7.27. The van der Waals surface area contributed by atoms with Gasteiger partial charge in [0.05, 0.1) is 12.3 Å². The maximum Gasteiger partial charge on any atom is 0.267 e. The Labute approximate surface area is 151 Å². The van der Waals surface area contributed by atoms with Crippen molar-refractivity contribution in [2.45, 2.75) is 26.5 Å². The first kappa shape index (κ1) is 18.1. The predicted octanol–water partition coefficient (Wildman–Crippen LogP) is 2.48. The lowest BCUT2D eigenvalue weighted by Crippen LogP contribution is -2.16. The molecule has 4 N–H and O–H groups in total. The predicted molar refractivity (Wildman–Crippen MR) is 101 cm³/mol. The molecule has 1 aromatic carbocycles. The van der Waals surface area contributed by atoms with Gasteiger partial charge in [-0.1, -0.05) is 19.9 Å². The van der Waals surface area contributed by atoms with Crippen molar-refractivity contribution in [2.24, 2.45) is 11.7 Å². The van der Waals surface area contributed by atoms with E-state index in [9.17, 15) is 15.0 Å². The van der Waals surface area contributed by atoms with Crippen LogP contribution < -0.4 is 5.73 Å². The van der Waals surface area contributed by atoms with Crippen molar-refractivity contribution in [1.29, 1.82) is 0 Å². The van der Waals surface area contributed by atoms with Crippen LogP contribution in [0.4, 0.5) is 0 Å². The number of benzene rings is 1. The van der Waals surface area contributed by atoms with Gasteiger partial charge >= 0.3 is 0 Å². The van der Waals surface area contributed by atoms with Gasteiger partial charge in [-0.25, -0.2) is 4.98 Å². The first-order valence-corrected chi connectivity index (χ1v) is 8.59. The van der Waals surface area contributed by atoms with Crippen molar-refractivity contribution in [3.63, 3.8) is 0 Å². The zero-order valence-electron chi connectivity index (χ0n) is 14.9. The molecule has 0 bridgehead atoms. The highest BCUT2D eigenvalue weighted by molar-refractivity contribution is 5.93. The summed E-state index contributed by atoms with van der Waals surface area (Å²) in [5, 5.41) is 20.2. The SMILES string of the molecule is CC(C)Cn1ccc2cc(-c3cc(C(N)=O)nc(C(O)CO)c3)ccc21. The van der Waals surface area contributed by atoms with Crippen LogP contribution in [0.15, 0.2) is 42.6 Å². The number of amides is 1. The van der Waals surface area contributed by atoms with E-state index in [1.165, 1.54) is 0 Å². The molecule has 0 saturated heterocycles. The summed E-state index contributed by atoms with van der Waals surface area (Å²) in [6, 6.07) is 11.4. The first-order valence-electron chi connectivity index (χ1n) is 8.59. The lowest BCUT2D eigenvalue weighted by Gasteiger charge is -2.12.